The molecule has 11 heteroatoms. The van der Waals surface area contributed by atoms with Crippen LogP contribution >= 0.6 is 0 Å². The van der Waals surface area contributed by atoms with Crippen molar-refractivity contribution in [3.63, 3.8) is 0 Å². The van der Waals surface area contributed by atoms with Crippen LogP contribution < -0.4 is 5.32 Å². The van der Waals surface area contributed by atoms with Crippen LogP contribution in [0.4, 0.5) is 4.79 Å². The van der Waals surface area contributed by atoms with Gasteiger partial charge < -0.3 is 19.5 Å². The van der Waals surface area contributed by atoms with Crippen molar-refractivity contribution in [1.29, 1.82) is 5.26 Å². The van der Waals surface area contributed by atoms with Gasteiger partial charge in [0, 0.05) is 0 Å². The summed E-state index contributed by atoms with van der Waals surface area (Å²) in [5.41, 5.74) is 0.794. The molecule has 1 atom stereocenters. The van der Waals surface area contributed by atoms with Crippen LogP contribution in [0.1, 0.15) is 26.2 Å². The minimum absolute atomic E-state index is 0.0190. The Kier molecular flexibility index (Phi) is 15.7. The Balaban J connectivity index is 3.83. The van der Waals surface area contributed by atoms with Gasteiger partial charge in [0.05, 0.1) is 6.54 Å². The first kappa shape index (κ1) is 25.1. The smallest absolute Gasteiger partial charge is 0.407 e. The third-order valence-corrected chi connectivity index (χ3v) is 2.92. The first-order valence-corrected chi connectivity index (χ1v) is 8.55. The Morgan fingerprint density at radius 3 is 2.61 bits per heavy atom. The van der Waals surface area contributed by atoms with Gasteiger partial charge in [0.25, 0.3) is 6.26 Å². The third-order valence-electron chi connectivity index (χ3n) is 2.92. The highest BCUT2D eigenvalue weighted by Gasteiger charge is 2.18. The standard InChI is InChI=1S/C17H25N3O8/c1-14(2)11-28-27-10-9-26-17(23)19-6-8-25-16(22)15(20-13-21)5-3-4-7-24-12-18/h15H,1,3-11H2,2H3,(H,19,23). The Hall–Kier alpha value is -2.93. The number of unbranched alkanes of at least 4 members (excludes halogenated alkanes) is 1. The number of amides is 1. The lowest BCUT2D eigenvalue weighted by Gasteiger charge is -2.11. The highest BCUT2D eigenvalue weighted by atomic mass is 17.2. The van der Waals surface area contributed by atoms with Crippen LogP contribution in [0.5, 0.6) is 0 Å². The van der Waals surface area contributed by atoms with Gasteiger partial charge in [-0.25, -0.2) is 24.2 Å². The van der Waals surface area contributed by atoms with Crippen LogP contribution in [0, 0.1) is 11.5 Å². The van der Waals surface area contributed by atoms with Gasteiger partial charge in [-0.2, -0.15) is 10.3 Å². The van der Waals surface area contributed by atoms with Gasteiger partial charge in [-0.1, -0.05) is 12.2 Å². The molecule has 0 aliphatic rings. The molecular weight excluding hydrogens is 374 g/mol. The monoisotopic (exact) mass is 399 g/mol. The zero-order chi connectivity index (χ0) is 21.0. The molecule has 156 valence electrons. The first-order chi connectivity index (χ1) is 13.5. The molecule has 0 aromatic heterocycles. The van der Waals surface area contributed by atoms with E-state index < -0.39 is 18.1 Å². The topological polar surface area (TPSA) is 146 Å². The first-order valence-electron chi connectivity index (χ1n) is 8.55. The molecule has 0 aliphatic heterocycles. The summed E-state index contributed by atoms with van der Waals surface area (Å²) in [7, 11) is 0. The molecule has 0 bridgehead atoms. The van der Waals surface area contributed by atoms with Crippen LogP contribution in [0.3, 0.4) is 0 Å². The molecule has 1 amide bonds. The van der Waals surface area contributed by atoms with Gasteiger partial charge in [-0.15, -0.1) is 0 Å². The Morgan fingerprint density at radius 2 is 1.93 bits per heavy atom. The lowest BCUT2D eigenvalue weighted by atomic mass is 10.1. The number of hydrogen-bond donors (Lipinski definition) is 1. The predicted molar refractivity (Wildman–Crippen MR) is 94.4 cm³/mol. The molecular formula is C17H25N3O8. The molecule has 0 heterocycles. The summed E-state index contributed by atoms with van der Waals surface area (Å²) in [6, 6.07) is -0.983. The minimum atomic E-state index is -0.983. The zero-order valence-electron chi connectivity index (χ0n) is 15.8. The van der Waals surface area contributed by atoms with Crippen LogP contribution in [0.15, 0.2) is 17.1 Å². The van der Waals surface area contributed by atoms with E-state index in [1.165, 1.54) is 12.3 Å². The molecule has 0 aromatic rings. The largest absolute Gasteiger partial charge is 0.462 e. The van der Waals surface area contributed by atoms with E-state index >= 15 is 0 Å². The van der Waals surface area contributed by atoms with Crippen molar-refractivity contribution in [3.05, 3.63) is 12.2 Å². The van der Waals surface area contributed by atoms with E-state index in [9.17, 15) is 14.4 Å². The summed E-state index contributed by atoms with van der Waals surface area (Å²) >= 11 is 0. The fourth-order valence-corrected chi connectivity index (χ4v) is 1.68. The number of esters is 1. The third kappa shape index (κ3) is 15.3. The number of nitriles is 1. The second kappa shape index (κ2) is 17.5. The molecule has 0 saturated heterocycles. The van der Waals surface area contributed by atoms with E-state index in [1.807, 2.05) is 0 Å². The molecule has 0 radical (unpaired) electrons. The number of nitrogens with zero attached hydrogens (tertiary/aromatic N) is 2. The SMILES string of the molecule is C=C(C)COOCCOC(=O)NCCOC(=O)C(CCCCOC#N)N=C=O. The lowest BCUT2D eigenvalue weighted by Crippen LogP contribution is -2.31. The van der Waals surface area contributed by atoms with E-state index in [0.29, 0.717) is 12.8 Å². The van der Waals surface area contributed by atoms with Crippen LogP contribution in [-0.4, -0.2) is 63.8 Å². The molecule has 1 unspecified atom stereocenters. The summed E-state index contributed by atoms with van der Waals surface area (Å²) in [6.45, 7) is 5.81. The Labute approximate surface area is 163 Å². The van der Waals surface area contributed by atoms with Gasteiger partial charge in [-0.3, -0.25) is 0 Å². The van der Waals surface area contributed by atoms with Crippen molar-refractivity contribution in [2.45, 2.75) is 32.2 Å². The van der Waals surface area contributed by atoms with Gasteiger partial charge in [0.15, 0.2) is 6.04 Å². The number of aliphatic imine (C=N–C) groups is 1. The maximum Gasteiger partial charge on any atom is 0.407 e. The predicted octanol–water partition coefficient (Wildman–Crippen LogP) is 1.15. The molecule has 11 nitrogen and oxygen atoms in total. The van der Waals surface area contributed by atoms with Crippen LogP contribution in [0.25, 0.3) is 0 Å². The summed E-state index contributed by atoms with van der Waals surface area (Å²) in [6.07, 6.45) is 3.45. The second-order valence-corrected chi connectivity index (χ2v) is 5.44. The van der Waals surface area contributed by atoms with Gasteiger partial charge in [0.2, 0.25) is 6.08 Å². The highest BCUT2D eigenvalue weighted by Crippen LogP contribution is 2.07. The van der Waals surface area contributed by atoms with E-state index in [0.717, 1.165) is 5.57 Å². The molecule has 28 heavy (non-hydrogen) atoms. The number of hydrogen-bond acceptors (Lipinski definition) is 10. The van der Waals surface area contributed by atoms with Gasteiger partial charge in [0.1, 0.15) is 33.0 Å². The van der Waals surface area contributed by atoms with Crippen molar-refractivity contribution in [2.75, 3.05) is 39.6 Å². The molecule has 0 spiro atoms. The Bertz CT molecular complexity index is 569. The molecule has 0 saturated carbocycles. The van der Waals surface area contributed by atoms with Crippen molar-refractivity contribution in [2.24, 2.45) is 4.99 Å². The van der Waals surface area contributed by atoms with E-state index in [1.54, 1.807) is 6.92 Å². The highest BCUT2D eigenvalue weighted by molar-refractivity contribution is 5.76. The summed E-state index contributed by atoms with van der Waals surface area (Å²) in [5.74, 6) is -0.706. The number of alkyl carbamates (subject to hydrolysis) is 1. The number of ether oxygens (including phenoxy) is 3. The molecule has 0 aliphatic carbocycles. The summed E-state index contributed by atoms with van der Waals surface area (Å²) in [4.78, 5) is 46.6. The van der Waals surface area contributed by atoms with Crippen LogP contribution in [0.2, 0.25) is 0 Å². The maximum absolute atomic E-state index is 11.9. The maximum atomic E-state index is 11.9. The zero-order valence-corrected chi connectivity index (χ0v) is 15.8. The minimum Gasteiger partial charge on any atom is -0.462 e. The van der Waals surface area contributed by atoms with E-state index in [2.05, 4.69) is 21.6 Å². The summed E-state index contributed by atoms with van der Waals surface area (Å²) < 4.78 is 14.3. The van der Waals surface area contributed by atoms with Crippen molar-refractivity contribution in [1.82, 2.24) is 5.32 Å². The van der Waals surface area contributed by atoms with Crippen molar-refractivity contribution < 1.29 is 38.4 Å². The van der Waals surface area contributed by atoms with E-state index in [4.69, 9.17) is 24.5 Å². The number of rotatable bonds is 16. The molecule has 0 rings (SSSR count). The van der Waals surface area contributed by atoms with Gasteiger partial charge >= 0.3 is 12.1 Å². The fourth-order valence-electron chi connectivity index (χ4n) is 1.68. The normalized spacial score (nSPS) is 10.7. The quantitative estimate of drug-likeness (QED) is 0.0590. The number of isocyanates is 1. The van der Waals surface area contributed by atoms with Gasteiger partial charge in [-0.05, 0) is 26.2 Å². The molecule has 0 aromatic carbocycles. The number of nitrogens with one attached hydrogen (secondary N) is 1. The number of carbonyl (C=O) groups is 2. The lowest BCUT2D eigenvalue weighted by molar-refractivity contribution is -0.290. The average Bonchev–Trinajstić information content (AvgIpc) is 2.66. The van der Waals surface area contributed by atoms with Crippen LogP contribution in [-0.2, 0) is 33.6 Å². The Morgan fingerprint density at radius 1 is 1.14 bits per heavy atom. The van der Waals surface area contributed by atoms with Crippen molar-refractivity contribution >= 4 is 18.1 Å². The number of carbonyl (C=O) groups excluding carboxylic acids is 3. The fraction of sp³-hybridized carbons (Fsp3) is 0.647. The molecule has 0 fully saturated rings. The average molecular weight is 399 g/mol. The summed E-state index contributed by atoms with van der Waals surface area (Å²) in [5, 5.41) is 10.6. The van der Waals surface area contributed by atoms with E-state index in [-0.39, 0.29) is 46.0 Å². The van der Waals surface area contributed by atoms with Crippen molar-refractivity contribution in [3.8, 4) is 6.26 Å². The second-order valence-electron chi connectivity index (χ2n) is 5.44. The molecule has 1 N–H and O–H groups in total.